The molecule has 0 saturated heterocycles. The van der Waals surface area contributed by atoms with E-state index in [0.29, 0.717) is 11.7 Å². The monoisotopic (exact) mass is 433 g/mol. The second kappa shape index (κ2) is 8.39. The summed E-state index contributed by atoms with van der Waals surface area (Å²) >= 11 is 1.53. The molecule has 2 aromatic carbocycles. The fraction of sp³-hybridized carbons (Fsp3) is 0.261. The largest absolute Gasteiger partial charge is 0.497 e. The quantitative estimate of drug-likeness (QED) is 0.399. The van der Waals surface area contributed by atoms with Crippen molar-refractivity contribution in [1.82, 2.24) is 15.0 Å². The highest BCUT2D eigenvalue weighted by atomic mass is 32.1. The number of benzene rings is 2. The van der Waals surface area contributed by atoms with E-state index in [0.717, 1.165) is 45.6 Å². The molecule has 1 fully saturated rings. The molecule has 4 aromatic rings. The predicted octanol–water partition coefficient (Wildman–Crippen LogP) is 5.40. The summed E-state index contributed by atoms with van der Waals surface area (Å²) in [6.07, 6.45) is 6.01. The smallest absolute Gasteiger partial charge is 0.188 e. The first-order valence-electron chi connectivity index (χ1n) is 10.2. The number of fused-ring (bicyclic) bond motifs is 1. The van der Waals surface area contributed by atoms with Crippen LogP contribution < -0.4 is 19.7 Å². The molecule has 0 unspecified atom stereocenters. The van der Waals surface area contributed by atoms with Crippen LogP contribution in [0, 0.1) is 5.92 Å². The maximum atomic E-state index is 5.50. The van der Waals surface area contributed by atoms with Crippen LogP contribution in [0.2, 0.25) is 0 Å². The number of aromatic nitrogens is 3. The zero-order chi connectivity index (χ0) is 21.2. The predicted molar refractivity (Wildman–Crippen MR) is 124 cm³/mol. The number of anilines is 4. The third-order valence-electron chi connectivity index (χ3n) is 5.29. The van der Waals surface area contributed by atoms with Gasteiger partial charge in [-0.25, -0.2) is 9.97 Å². The van der Waals surface area contributed by atoms with Crippen LogP contribution in [0.3, 0.4) is 0 Å². The highest BCUT2D eigenvalue weighted by Gasteiger charge is 2.26. The highest BCUT2D eigenvalue weighted by molar-refractivity contribution is 7.13. The zero-order valence-electron chi connectivity index (χ0n) is 17.4. The molecule has 0 atom stereocenters. The molecule has 158 valence electrons. The molecule has 0 radical (unpaired) electrons. The maximum Gasteiger partial charge on any atom is 0.188 e. The number of nitrogens with zero attached hydrogens (tertiary/aromatic N) is 4. The Morgan fingerprint density at radius 2 is 1.81 bits per heavy atom. The van der Waals surface area contributed by atoms with Crippen molar-refractivity contribution in [2.75, 3.05) is 31.0 Å². The lowest BCUT2D eigenvalue weighted by atomic mass is 10.2. The lowest BCUT2D eigenvalue weighted by Gasteiger charge is -2.26. The van der Waals surface area contributed by atoms with Crippen LogP contribution in [0.4, 0.5) is 22.3 Å². The minimum Gasteiger partial charge on any atom is -0.497 e. The van der Waals surface area contributed by atoms with Crippen LogP contribution in [0.5, 0.6) is 11.5 Å². The Morgan fingerprint density at radius 3 is 2.48 bits per heavy atom. The summed E-state index contributed by atoms with van der Waals surface area (Å²) in [5.41, 5.74) is 3.78. The lowest BCUT2D eigenvalue weighted by Crippen LogP contribution is -2.20. The van der Waals surface area contributed by atoms with Crippen molar-refractivity contribution in [2.45, 2.75) is 12.8 Å². The van der Waals surface area contributed by atoms with Gasteiger partial charge in [-0.2, -0.15) is 0 Å². The van der Waals surface area contributed by atoms with Crippen molar-refractivity contribution in [2.24, 2.45) is 5.92 Å². The molecule has 0 bridgehead atoms. The average Bonchev–Trinajstić information content (AvgIpc) is 3.49. The summed E-state index contributed by atoms with van der Waals surface area (Å²) in [6.45, 7) is 0.937. The first-order chi connectivity index (χ1) is 15.2. The number of rotatable bonds is 8. The van der Waals surface area contributed by atoms with Gasteiger partial charge in [-0.3, -0.25) is 4.98 Å². The van der Waals surface area contributed by atoms with Gasteiger partial charge in [0.1, 0.15) is 11.5 Å². The normalized spacial score (nSPS) is 13.2. The van der Waals surface area contributed by atoms with E-state index in [1.165, 1.54) is 24.2 Å². The van der Waals surface area contributed by atoms with E-state index in [1.807, 2.05) is 29.6 Å². The van der Waals surface area contributed by atoms with Crippen LogP contribution in [0.25, 0.3) is 11.0 Å². The Kier molecular flexibility index (Phi) is 5.30. The highest BCUT2D eigenvalue weighted by Crippen LogP contribution is 2.38. The number of thiazole rings is 1. The van der Waals surface area contributed by atoms with Gasteiger partial charge in [0.15, 0.2) is 10.9 Å². The Morgan fingerprint density at radius 1 is 1.00 bits per heavy atom. The van der Waals surface area contributed by atoms with Gasteiger partial charge in [-0.1, -0.05) is 0 Å². The fourth-order valence-corrected chi connectivity index (χ4v) is 4.03. The van der Waals surface area contributed by atoms with Gasteiger partial charge in [0.2, 0.25) is 0 Å². The Hall–Kier alpha value is -3.39. The first kappa shape index (κ1) is 19.6. The topological polar surface area (TPSA) is 72.4 Å². The molecule has 31 heavy (non-hydrogen) atoms. The van der Waals surface area contributed by atoms with Gasteiger partial charge in [0.05, 0.1) is 31.4 Å². The maximum absolute atomic E-state index is 5.50. The summed E-state index contributed by atoms with van der Waals surface area (Å²) in [4.78, 5) is 15.9. The summed E-state index contributed by atoms with van der Waals surface area (Å²) in [5, 5.41) is 5.93. The Balaban J connectivity index is 1.53. The zero-order valence-corrected chi connectivity index (χ0v) is 18.2. The fourth-order valence-electron chi connectivity index (χ4n) is 3.49. The summed E-state index contributed by atoms with van der Waals surface area (Å²) in [7, 11) is 3.35. The molecule has 1 N–H and O–H groups in total. The molecule has 1 aliphatic rings. The third kappa shape index (κ3) is 4.39. The van der Waals surface area contributed by atoms with E-state index in [-0.39, 0.29) is 0 Å². The van der Waals surface area contributed by atoms with Crippen LogP contribution in [0.1, 0.15) is 12.8 Å². The van der Waals surface area contributed by atoms with E-state index in [9.17, 15) is 0 Å². The standard InChI is InChI=1S/C23H23N5O2S/c1-29-18-9-17(10-19(12-18)30-2)28(14-15-3-4-15)16-5-6-20-21(11-16)26-22(13-25-20)27-23-24-7-8-31-23/h5-13,15H,3-4,14H2,1-2H3,(H,24,26,27). The van der Waals surface area contributed by atoms with Gasteiger partial charge >= 0.3 is 0 Å². The molecule has 7 nitrogen and oxygen atoms in total. The Bertz CT molecular complexity index is 1170. The van der Waals surface area contributed by atoms with Crippen molar-refractivity contribution in [3.63, 3.8) is 0 Å². The van der Waals surface area contributed by atoms with Gasteiger partial charge in [-0.15, -0.1) is 11.3 Å². The second-order valence-electron chi connectivity index (χ2n) is 7.52. The van der Waals surface area contributed by atoms with Crippen LogP contribution in [-0.2, 0) is 0 Å². The number of nitrogens with one attached hydrogen (secondary N) is 1. The average molecular weight is 434 g/mol. The van der Waals surface area contributed by atoms with Crippen molar-refractivity contribution < 1.29 is 9.47 Å². The minimum atomic E-state index is 0.677. The first-order valence-corrected chi connectivity index (χ1v) is 11.0. The van der Waals surface area contributed by atoms with E-state index in [1.54, 1.807) is 26.6 Å². The molecule has 0 aliphatic heterocycles. The second-order valence-corrected chi connectivity index (χ2v) is 8.41. The van der Waals surface area contributed by atoms with Crippen molar-refractivity contribution in [1.29, 1.82) is 0 Å². The number of ether oxygens (including phenoxy) is 2. The van der Waals surface area contributed by atoms with Crippen LogP contribution >= 0.6 is 11.3 Å². The SMILES string of the molecule is COc1cc(OC)cc(N(CC2CC2)c2ccc3ncc(Nc4nccs4)nc3c2)c1. The van der Waals surface area contributed by atoms with Gasteiger partial charge in [0, 0.05) is 47.7 Å². The molecule has 0 amide bonds. The number of methoxy groups -OCH3 is 2. The van der Waals surface area contributed by atoms with E-state index < -0.39 is 0 Å². The van der Waals surface area contributed by atoms with E-state index >= 15 is 0 Å². The molecule has 8 heteroatoms. The van der Waals surface area contributed by atoms with Gasteiger partial charge < -0.3 is 19.7 Å². The van der Waals surface area contributed by atoms with Gasteiger partial charge in [-0.05, 0) is 37.0 Å². The molecule has 5 rings (SSSR count). The summed E-state index contributed by atoms with van der Waals surface area (Å²) < 4.78 is 11.0. The molecule has 0 spiro atoms. The summed E-state index contributed by atoms with van der Waals surface area (Å²) in [6, 6.07) is 12.2. The lowest BCUT2D eigenvalue weighted by molar-refractivity contribution is 0.394. The van der Waals surface area contributed by atoms with Crippen molar-refractivity contribution in [3.05, 3.63) is 54.2 Å². The number of hydrogen-bond acceptors (Lipinski definition) is 8. The molecular formula is C23H23N5O2S. The van der Waals surface area contributed by atoms with Crippen LogP contribution in [-0.4, -0.2) is 35.7 Å². The van der Waals surface area contributed by atoms with Gasteiger partial charge in [0.25, 0.3) is 0 Å². The molecule has 1 saturated carbocycles. The van der Waals surface area contributed by atoms with Crippen molar-refractivity contribution in [3.8, 4) is 11.5 Å². The summed E-state index contributed by atoms with van der Waals surface area (Å²) in [5.74, 6) is 2.91. The van der Waals surface area contributed by atoms with E-state index in [4.69, 9.17) is 14.5 Å². The molecule has 1 aliphatic carbocycles. The van der Waals surface area contributed by atoms with Crippen molar-refractivity contribution >= 4 is 44.7 Å². The number of hydrogen-bond donors (Lipinski definition) is 1. The van der Waals surface area contributed by atoms with E-state index in [2.05, 4.69) is 32.3 Å². The minimum absolute atomic E-state index is 0.677. The van der Waals surface area contributed by atoms with Crippen LogP contribution in [0.15, 0.2) is 54.2 Å². The molecule has 2 aromatic heterocycles. The third-order valence-corrected chi connectivity index (χ3v) is 5.98. The molecule has 2 heterocycles. The molecular weight excluding hydrogens is 410 g/mol. The Labute approximate surface area is 184 Å².